The van der Waals surface area contributed by atoms with Gasteiger partial charge in [-0.3, -0.25) is 0 Å². The van der Waals surface area contributed by atoms with Crippen LogP contribution in [0.15, 0.2) is 36.4 Å². The van der Waals surface area contributed by atoms with E-state index in [0.717, 1.165) is 23.8 Å². The van der Waals surface area contributed by atoms with Crippen molar-refractivity contribution in [2.24, 2.45) is 5.73 Å². The van der Waals surface area contributed by atoms with E-state index in [-0.39, 0.29) is 11.9 Å². The molecule has 84 valence electrons. The van der Waals surface area contributed by atoms with Crippen molar-refractivity contribution in [3.05, 3.63) is 47.8 Å². The molecule has 0 fully saturated rings. The zero-order valence-electron chi connectivity index (χ0n) is 9.41. The van der Waals surface area contributed by atoms with Crippen molar-refractivity contribution < 1.29 is 4.39 Å². The van der Waals surface area contributed by atoms with E-state index in [2.05, 4.69) is 6.92 Å². The van der Waals surface area contributed by atoms with Gasteiger partial charge in [0, 0.05) is 11.4 Å². The molecule has 0 aliphatic carbocycles. The summed E-state index contributed by atoms with van der Waals surface area (Å²) >= 11 is 0. The van der Waals surface area contributed by atoms with Crippen LogP contribution in [0.25, 0.3) is 10.8 Å². The Morgan fingerprint density at radius 3 is 2.50 bits per heavy atom. The van der Waals surface area contributed by atoms with E-state index in [4.69, 9.17) is 5.73 Å². The fourth-order valence-electron chi connectivity index (χ4n) is 2.08. The maximum absolute atomic E-state index is 13.6. The summed E-state index contributed by atoms with van der Waals surface area (Å²) in [6, 6.07) is 10.8. The molecule has 0 heterocycles. The lowest BCUT2D eigenvalue weighted by atomic mass is 9.96. The van der Waals surface area contributed by atoms with Gasteiger partial charge in [0.25, 0.3) is 0 Å². The summed E-state index contributed by atoms with van der Waals surface area (Å²) in [7, 11) is 0. The summed E-state index contributed by atoms with van der Waals surface area (Å²) in [5.41, 5.74) is 7.14. The Hall–Kier alpha value is -1.41. The third kappa shape index (κ3) is 1.93. The van der Waals surface area contributed by atoms with Crippen LogP contribution < -0.4 is 5.73 Å². The maximum atomic E-state index is 13.6. The standard InChI is InChI=1S/C14H16FN/c1-2-5-14(16)12-8-9-13(15)11-7-4-3-6-10(11)12/h3-4,6-9,14H,2,5,16H2,1H3. The van der Waals surface area contributed by atoms with Crippen molar-refractivity contribution in [1.29, 1.82) is 0 Å². The first-order chi connectivity index (χ1) is 7.74. The second kappa shape index (κ2) is 4.62. The second-order valence-corrected chi connectivity index (χ2v) is 4.08. The van der Waals surface area contributed by atoms with Crippen LogP contribution in [0, 0.1) is 5.82 Å². The highest BCUT2D eigenvalue weighted by molar-refractivity contribution is 5.86. The molecule has 0 amide bonds. The number of hydrogen-bond donors (Lipinski definition) is 1. The molecule has 2 aromatic rings. The molecule has 2 heteroatoms. The summed E-state index contributed by atoms with van der Waals surface area (Å²) < 4.78 is 13.6. The van der Waals surface area contributed by atoms with Gasteiger partial charge in [-0.15, -0.1) is 0 Å². The molecule has 2 aromatic carbocycles. The second-order valence-electron chi connectivity index (χ2n) is 4.08. The quantitative estimate of drug-likeness (QED) is 0.831. The lowest BCUT2D eigenvalue weighted by molar-refractivity contribution is 0.628. The Morgan fingerprint density at radius 1 is 1.12 bits per heavy atom. The van der Waals surface area contributed by atoms with Crippen LogP contribution in [0.4, 0.5) is 4.39 Å². The highest BCUT2D eigenvalue weighted by Gasteiger charge is 2.10. The topological polar surface area (TPSA) is 26.0 Å². The number of rotatable bonds is 3. The van der Waals surface area contributed by atoms with Gasteiger partial charge in [-0.25, -0.2) is 4.39 Å². The van der Waals surface area contributed by atoms with Gasteiger partial charge in [0.15, 0.2) is 0 Å². The molecule has 2 N–H and O–H groups in total. The average molecular weight is 217 g/mol. The third-order valence-electron chi connectivity index (χ3n) is 2.90. The molecule has 0 aromatic heterocycles. The first-order valence-corrected chi connectivity index (χ1v) is 5.66. The Bertz CT molecular complexity index is 493. The molecule has 1 nitrogen and oxygen atoms in total. The number of halogens is 1. The summed E-state index contributed by atoms with van der Waals surface area (Å²) in [4.78, 5) is 0. The van der Waals surface area contributed by atoms with Crippen molar-refractivity contribution in [2.75, 3.05) is 0 Å². The van der Waals surface area contributed by atoms with Crippen LogP contribution in [0.1, 0.15) is 31.4 Å². The molecule has 0 radical (unpaired) electrons. The van der Waals surface area contributed by atoms with Crippen molar-refractivity contribution in [1.82, 2.24) is 0 Å². The third-order valence-corrected chi connectivity index (χ3v) is 2.90. The van der Waals surface area contributed by atoms with Gasteiger partial charge in [-0.1, -0.05) is 43.7 Å². The van der Waals surface area contributed by atoms with Crippen LogP contribution >= 0.6 is 0 Å². The van der Waals surface area contributed by atoms with E-state index < -0.39 is 0 Å². The van der Waals surface area contributed by atoms with Crippen molar-refractivity contribution >= 4 is 10.8 Å². The van der Waals surface area contributed by atoms with Crippen LogP contribution in [-0.4, -0.2) is 0 Å². The molecule has 2 rings (SSSR count). The average Bonchev–Trinajstić information content (AvgIpc) is 2.30. The Morgan fingerprint density at radius 2 is 1.81 bits per heavy atom. The van der Waals surface area contributed by atoms with Gasteiger partial charge in [0.1, 0.15) is 5.82 Å². The SMILES string of the molecule is CCCC(N)c1ccc(F)c2ccccc12. The van der Waals surface area contributed by atoms with Crippen LogP contribution in [0.2, 0.25) is 0 Å². The minimum absolute atomic E-state index is 0.00417. The fraction of sp³-hybridized carbons (Fsp3) is 0.286. The Balaban J connectivity index is 2.58. The molecule has 0 spiro atoms. The monoisotopic (exact) mass is 217 g/mol. The van der Waals surface area contributed by atoms with E-state index in [9.17, 15) is 4.39 Å². The first kappa shape index (κ1) is 11.1. The van der Waals surface area contributed by atoms with E-state index in [1.54, 1.807) is 12.1 Å². The highest BCUT2D eigenvalue weighted by Crippen LogP contribution is 2.27. The first-order valence-electron chi connectivity index (χ1n) is 5.66. The minimum atomic E-state index is -0.178. The summed E-state index contributed by atoms with van der Waals surface area (Å²) in [5, 5.41) is 1.59. The zero-order chi connectivity index (χ0) is 11.5. The van der Waals surface area contributed by atoms with Gasteiger partial charge >= 0.3 is 0 Å². The van der Waals surface area contributed by atoms with Gasteiger partial charge in [0.2, 0.25) is 0 Å². The van der Waals surface area contributed by atoms with E-state index in [0.29, 0.717) is 5.39 Å². The minimum Gasteiger partial charge on any atom is -0.324 e. The number of nitrogens with two attached hydrogens (primary N) is 1. The molecule has 0 saturated heterocycles. The summed E-state index contributed by atoms with van der Waals surface area (Å²) in [5.74, 6) is -0.178. The molecule has 0 aliphatic rings. The Labute approximate surface area is 95.1 Å². The van der Waals surface area contributed by atoms with E-state index >= 15 is 0 Å². The van der Waals surface area contributed by atoms with Crippen LogP contribution in [0.3, 0.4) is 0 Å². The lowest BCUT2D eigenvalue weighted by Crippen LogP contribution is -2.10. The molecular weight excluding hydrogens is 201 g/mol. The molecule has 16 heavy (non-hydrogen) atoms. The van der Waals surface area contributed by atoms with Gasteiger partial charge in [-0.2, -0.15) is 0 Å². The molecule has 1 unspecified atom stereocenters. The maximum Gasteiger partial charge on any atom is 0.131 e. The summed E-state index contributed by atoms with van der Waals surface area (Å²) in [6.45, 7) is 2.10. The normalized spacial score (nSPS) is 12.9. The molecule has 0 saturated carbocycles. The van der Waals surface area contributed by atoms with E-state index in [1.165, 1.54) is 6.07 Å². The number of fused-ring (bicyclic) bond motifs is 1. The number of benzene rings is 2. The largest absolute Gasteiger partial charge is 0.324 e. The van der Waals surface area contributed by atoms with Crippen LogP contribution in [-0.2, 0) is 0 Å². The Kier molecular flexibility index (Phi) is 3.20. The van der Waals surface area contributed by atoms with Crippen molar-refractivity contribution in [3.63, 3.8) is 0 Å². The molecule has 1 atom stereocenters. The molecule has 0 bridgehead atoms. The highest BCUT2D eigenvalue weighted by atomic mass is 19.1. The van der Waals surface area contributed by atoms with Crippen molar-refractivity contribution in [2.45, 2.75) is 25.8 Å². The zero-order valence-corrected chi connectivity index (χ0v) is 9.41. The van der Waals surface area contributed by atoms with Gasteiger partial charge in [-0.05, 0) is 23.4 Å². The fourth-order valence-corrected chi connectivity index (χ4v) is 2.08. The predicted octanol–water partition coefficient (Wildman–Crippen LogP) is 3.78. The van der Waals surface area contributed by atoms with Crippen molar-refractivity contribution in [3.8, 4) is 0 Å². The summed E-state index contributed by atoms with van der Waals surface area (Å²) in [6.07, 6.45) is 1.96. The molecular formula is C14H16FN. The van der Waals surface area contributed by atoms with Gasteiger partial charge in [0.05, 0.1) is 0 Å². The predicted molar refractivity (Wildman–Crippen MR) is 65.7 cm³/mol. The lowest BCUT2D eigenvalue weighted by Gasteiger charge is -2.14. The number of hydrogen-bond acceptors (Lipinski definition) is 1. The van der Waals surface area contributed by atoms with Gasteiger partial charge < -0.3 is 5.73 Å². The molecule has 0 aliphatic heterocycles. The van der Waals surface area contributed by atoms with Crippen LogP contribution in [0.5, 0.6) is 0 Å². The smallest absolute Gasteiger partial charge is 0.131 e. The van der Waals surface area contributed by atoms with E-state index in [1.807, 2.05) is 18.2 Å².